The maximum Gasteiger partial charge on any atom is 0.221 e. The lowest BCUT2D eigenvalue weighted by Crippen LogP contribution is -2.54. The fourth-order valence-corrected chi connectivity index (χ4v) is 3.53. The molecule has 3 atom stereocenters. The smallest absolute Gasteiger partial charge is 0.221 e. The minimum absolute atomic E-state index is 0.110. The van der Waals surface area contributed by atoms with Gasteiger partial charge in [0.25, 0.3) is 0 Å². The van der Waals surface area contributed by atoms with E-state index < -0.39 is 0 Å². The lowest BCUT2D eigenvalue weighted by Gasteiger charge is -2.42. The van der Waals surface area contributed by atoms with Crippen LogP contribution in [0.25, 0.3) is 0 Å². The zero-order valence-corrected chi connectivity index (χ0v) is 12.8. The summed E-state index contributed by atoms with van der Waals surface area (Å²) in [6, 6.07) is 0.857. The van der Waals surface area contributed by atoms with Gasteiger partial charge in [0.2, 0.25) is 5.91 Å². The van der Waals surface area contributed by atoms with Crippen molar-refractivity contribution in [2.45, 2.75) is 57.5 Å². The van der Waals surface area contributed by atoms with Gasteiger partial charge in [0, 0.05) is 48.6 Å². The van der Waals surface area contributed by atoms with Gasteiger partial charge in [-0.05, 0) is 20.8 Å². The SMILES string of the molecule is CC(C)NC(=O)CC(CN)N1CCSC(C)C1C. The molecule has 3 unspecified atom stereocenters. The first-order chi connectivity index (χ1) is 8.45. The number of hydrogen-bond acceptors (Lipinski definition) is 4. The predicted molar refractivity (Wildman–Crippen MR) is 78.8 cm³/mol. The number of amides is 1. The first-order valence-corrected chi connectivity index (χ1v) is 7.87. The highest BCUT2D eigenvalue weighted by Gasteiger charge is 2.31. The van der Waals surface area contributed by atoms with Gasteiger partial charge in [-0.2, -0.15) is 11.8 Å². The van der Waals surface area contributed by atoms with E-state index >= 15 is 0 Å². The highest BCUT2D eigenvalue weighted by Crippen LogP contribution is 2.26. The maximum absolute atomic E-state index is 11.9. The van der Waals surface area contributed by atoms with Crippen molar-refractivity contribution in [3.63, 3.8) is 0 Å². The van der Waals surface area contributed by atoms with Crippen LogP contribution < -0.4 is 11.1 Å². The average Bonchev–Trinajstić information content (AvgIpc) is 2.29. The number of hydrogen-bond donors (Lipinski definition) is 2. The molecule has 0 aromatic heterocycles. The normalized spacial score (nSPS) is 27.2. The topological polar surface area (TPSA) is 58.4 Å². The predicted octanol–water partition coefficient (Wildman–Crippen LogP) is 1.05. The van der Waals surface area contributed by atoms with E-state index in [2.05, 4.69) is 24.1 Å². The summed E-state index contributed by atoms with van der Waals surface area (Å²) in [5, 5.41) is 3.56. The van der Waals surface area contributed by atoms with Gasteiger partial charge >= 0.3 is 0 Å². The Morgan fingerprint density at radius 1 is 1.50 bits per heavy atom. The summed E-state index contributed by atoms with van der Waals surface area (Å²) in [7, 11) is 0. The van der Waals surface area contributed by atoms with Crippen LogP contribution in [0.15, 0.2) is 0 Å². The number of rotatable bonds is 5. The molecular formula is C13H27N3OS. The van der Waals surface area contributed by atoms with Crippen molar-refractivity contribution in [3.05, 3.63) is 0 Å². The molecule has 1 amide bonds. The van der Waals surface area contributed by atoms with Crippen molar-refractivity contribution >= 4 is 17.7 Å². The standard InChI is InChI=1S/C13H27N3OS/c1-9(2)15-13(17)7-12(8-14)16-5-6-18-11(4)10(16)3/h9-12H,5-8,14H2,1-4H3,(H,15,17). The number of carbonyl (C=O) groups is 1. The van der Waals surface area contributed by atoms with E-state index in [1.165, 1.54) is 0 Å². The van der Waals surface area contributed by atoms with Crippen LogP contribution in [0, 0.1) is 0 Å². The van der Waals surface area contributed by atoms with Crippen molar-refractivity contribution in [1.29, 1.82) is 0 Å². The van der Waals surface area contributed by atoms with Crippen LogP contribution >= 0.6 is 11.8 Å². The van der Waals surface area contributed by atoms with E-state index in [4.69, 9.17) is 5.73 Å². The quantitative estimate of drug-likeness (QED) is 0.786. The van der Waals surface area contributed by atoms with Crippen LogP contribution in [0.1, 0.15) is 34.1 Å². The molecule has 4 nitrogen and oxygen atoms in total. The van der Waals surface area contributed by atoms with Crippen LogP contribution in [-0.2, 0) is 4.79 Å². The third kappa shape index (κ3) is 4.44. The van der Waals surface area contributed by atoms with Crippen molar-refractivity contribution in [2.75, 3.05) is 18.8 Å². The second-order valence-corrected chi connectivity index (χ2v) is 6.86. The van der Waals surface area contributed by atoms with Gasteiger partial charge < -0.3 is 11.1 Å². The molecule has 0 radical (unpaired) electrons. The molecule has 1 rings (SSSR count). The second-order valence-electron chi connectivity index (χ2n) is 5.37. The van der Waals surface area contributed by atoms with Crippen LogP contribution in [0.4, 0.5) is 0 Å². The first kappa shape index (κ1) is 15.8. The lowest BCUT2D eigenvalue weighted by molar-refractivity contribution is -0.123. The minimum Gasteiger partial charge on any atom is -0.354 e. The number of nitrogens with zero attached hydrogens (tertiary/aromatic N) is 1. The Balaban J connectivity index is 2.56. The number of nitrogens with one attached hydrogen (secondary N) is 1. The molecule has 0 spiro atoms. The van der Waals surface area contributed by atoms with E-state index in [-0.39, 0.29) is 18.0 Å². The summed E-state index contributed by atoms with van der Waals surface area (Å²) >= 11 is 2.00. The largest absolute Gasteiger partial charge is 0.354 e. The molecule has 1 saturated heterocycles. The van der Waals surface area contributed by atoms with Gasteiger partial charge in [0.1, 0.15) is 0 Å². The minimum atomic E-state index is 0.110. The Kier molecular flexibility index (Phi) is 6.46. The van der Waals surface area contributed by atoms with Crippen LogP contribution in [-0.4, -0.2) is 53.0 Å². The molecule has 18 heavy (non-hydrogen) atoms. The Morgan fingerprint density at radius 3 is 2.72 bits per heavy atom. The van der Waals surface area contributed by atoms with E-state index in [1.54, 1.807) is 0 Å². The summed E-state index contributed by atoms with van der Waals surface area (Å²) in [6.07, 6.45) is 0.510. The monoisotopic (exact) mass is 273 g/mol. The Hall–Kier alpha value is -0.260. The Bertz CT molecular complexity index is 273. The molecule has 1 heterocycles. The molecule has 0 saturated carbocycles. The van der Waals surface area contributed by atoms with E-state index in [0.29, 0.717) is 24.3 Å². The zero-order chi connectivity index (χ0) is 13.7. The van der Waals surface area contributed by atoms with E-state index in [1.807, 2.05) is 25.6 Å². The maximum atomic E-state index is 11.9. The highest BCUT2D eigenvalue weighted by molar-refractivity contribution is 8.00. The van der Waals surface area contributed by atoms with Gasteiger partial charge in [-0.25, -0.2) is 0 Å². The van der Waals surface area contributed by atoms with Crippen molar-refractivity contribution in [1.82, 2.24) is 10.2 Å². The van der Waals surface area contributed by atoms with E-state index in [0.717, 1.165) is 12.3 Å². The Morgan fingerprint density at radius 2 is 2.17 bits per heavy atom. The molecule has 1 aliphatic rings. The number of carbonyl (C=O) groups excluding carboxylic acids is 1. The summed E-state index contributed by atoms with van der Waals surface area (Å²) in [4.78, 5) is 14.3. The molecule has 3 N–H and O–H groups in total. The van der Waals surface area contributed by atoms with Gasteiger partial charge in [-0.3, -0.25) is 9.69 Å². The van der Waals surface area contributed by atoms with Crippen LogP contribution in [0.2, 0.25) is 0 Å². The van der Waals surface area contributed by atoms with Gasteiger partial charge in [0.15, 0.2) is 0 Å². The zero-order valence-electron chi connectivity index (χ0n) is 12.0. The van der Waals surface area contributed by atoms with Crippen molar-refractivity contribution < 1.29 is 4.79 Å². The molecule has 1 fully saturated rings. The Labute approximate surface area is 115 Å². The van der Waals surface area contributed by atoms with Gasteiger partial charge in [-0.1, -0.05) is 6.92 Å². The molecule has 0 aliphatic carbocycles. The van der Waals surface area contributed by atoms with Crippen molar-refractivity contribution in [3.8, 4) is 0 Å². The van der Waals surface area contributed by atoms with Crippen LogP contribution in [0.3, 0.4) is 0 Å². The molecule has 1 aliphatic heterocycles. The third-order valence-corrected chi connectivity index (χ3v) is 4.88. The van der Waals surface area contributed by atoms with Crippen LogP contribution in [0.5, 0.6) is 0 Å². The fraction of sp³-hybridized carbons (Fsp3) is 0.923. The summed E-state index contributed by atoms with van der Waals surface area (Å²) in [5.74, 6) is 1.24. The summed E-state index contributed by atoms with van der Waals surface area (Å²) < 4.78 is 0. The lowest BCUT2D eigenvalue weighted by atomic mass is 10.1. The third-order valence-electron chi connectivity index (χ3n) is 3.54. The summed E-state index contributed by atoms with van der Waals surface area (Å²) in [5.41, 5.74) is 5.86. The molecule has 0 aromatic rings. The second kappa shape index (κ2) is 7.36. The number of nitrogens with two attached hydrogens (primary N) is 1. The molecule has 5 heteroatoms. The fourth-order valence-electron chi connectivity index (χ4n) is 2.40. The molecule has 106 valence electrons. The number of thioether (sulfide) groups is 1. The first-order valence-electron chi connectivity index (χ1n) is 6.82. The van der Waals surface area contributed by atoms with Gasteiger partial charge in [0.05, 0.1) is 0 Å². The van der Waals surface area contributed by atoms with E-state index in [9.17, 15) is 4.79 Å². The summed E-state index contributed by atoms with van der Waals surface area (Å²) in [6.45, 7) is 10.0. The molecule has 0 bridgehead atoms. The highest BCUT2D eigenvalue weighted by atomic mass is 32.2. The van der Waals surface area contributed by atoms with Gasteiger partial charge in [-0.15, -0.1) is 0 Å². The molecule has 0 aromatic carbocycles. The molecular weight excluding hydrogens is 246 g/mol. The van der Waals surface area contributed by atoms with Crippen molar-refractivity contribution in [2.24, 2.45) is 5.73 Å². The average molecular weight is 273 g/mol.